The quantitative estimate of drug-likeness (QED) is 0.797. The van der Waals surface area contributed by atoms with Crippen LogP contribution in [0.3, 0.4) is 0 Å². The van der Waals surface area contributed by atoms with Crippen LogP contribution in [0.2, 0.25) is 0 Å². The van der Waals surface area contributed by atoms with Crippen LogP contribution in [0.4, 0.5) is 5.82 Å². The first kappa shape index (κ1) is 15.0. The van der Waals surface area contributed by atoms with Gasteiger partial charge in [0, 0.05) is 43.6 Å². The third-order valence-electron chi connectivity index (χ3n) is 4.29. The van der Waals surface area contributed by atoms with Gasteiger partial charge in [-0.05, 0) is 23.8 Å². The van der Waals surface area contributed by atoms with Crippen molar-refractivity contribution in [3.8, 4) is 0 Å². The number of hydrogen-bond acceptors (Lipinski definition) is 6. The normalized spacial score (nSPS) is 18.8. The number of ether oxygens (including phenoxy) is 1. The van der Waals surface area contributed by atoms with Gasteiger partial charge in [-0.25, -0.2) is 4.98 Å². The van der Waals surface area contributed by atoms with Gasteiger partial charge in [0.05, 0.1) is 12.1 Å². The zero-order valence-electron chi connectivity index (χ0n) is 13.3. The van der Waals surface area contributed by atoms with E-state index in [0.717, 1.165) is 36.2 Å². The first-order valence-electron chi connectivity index (χ1n) is 8.03. The monoisotopic (exact) mass is 321 g/mol. The highest BCUT2D eigenvalue weighted by molar-refractivity contribution is 5.78. The van der Waals surface area contributed by atoms with Gasteiger partial charge in [-0.2, -0.15) is 0 Å². The molecule has 3 aromatic rings. The Balaban J connectivity index is 1.50. The summed E-state index contributed by atoms with van der Waals surface area (Å²) in [5.74, 6) is 0.445. The molecule has 6 heteroatoms. The second-order valence-corrected chi connectivity index (χ2v) is 5.95. The molecule has 0 aliphatic carbocycles. The molecule has 1 atom stereocenters. The lowest BCUT2D eigenvalue weighted by Gasteiger charge is -2.32. The SMILES string of the molecule is Nc1nccnc1[C@H]1CN(Cc2ccc3ncccc3c2)CCO1. The van der Waals surface area contributed by atoms with Crippen LogP contribution in [-0.2, 0) is 11.3 Å². The Morgan fingerprint density at radius 3 is 2.96 bits per heavy atom. The number of fused-ring (bicyclic) bond motifs is 1. The molecule has 2 aromatic heterocycles. The van der Waals surface area contributed by atoms with Crippen LogP contribution in [-0.4, -0.2) is 39.5 Å². The molecule has 0 bridgehead atoms. The highest BCUT2D eigenvalue weighted by Gasteiger charge is 2.25. The van der Waals surface area contributed by atoms with E-state index in [1.807, 2.05) is 12.3 Å². The van der Waals surface area contributed by atoms with Gasteiger partial charge in [0.25, 0.3) is 0 Å². The zero-order chi connectivity index (χ0) is 16.4. The van der Waals surface area contributed by atoms with Crippen molar-refractivity contribution in [3.05, 3.63) is 60.2 Å². The van der Waals surface area contributed by atoms with Gasteiger partial charge in [0.2, 0.25) is 0 Å². The van der Waals surface area contributed by atoms with E-state index in [9.17, 15) is 0 Å². The summed E-state index contributed by atoms with van der Waals surface area (Å²) in [6.45, 7) is 3.18. The number of morpholine rings is 1. The Hall–Kier alpha value is -2.57. The summed E-state index contributed by atoms with van der Waals surface area (Å²) >= 11 is 0. The molecule has 6 nitrogen and oxygen atoms in total. The number of rotatable bonds is 3. The maximum Gasteiger partial charge on any atom is 0.147 e. The average Bonchev–Trinajstić information content (AvgIpc) is 2.62. The van der Waals surface area contributed by atoms with E-state index < -0.39 is 0 Å². The van der Waals surface area contributed by atoms with Crippen molar-refractivity contribution in [2.24, 2.45) is 0 Å². The summed E-state index contributed by atoms with van der Waals surface area (Å²) in [4.78, 5) is 15.2. The minimum atomic E-state index is -0.130. The maximum absolute atomic E-state index is 5.93. The molecule has 0 amide bonds. The van der Waals surface area contributed by atoms with Crippen molar-refractivity contribution >= 4 is 16.7 Å². The van der Waals surface area contributed by atoms with Gasteiger partial charge >= 0.3 is 0 Å². The van der Waals surface area contributed by atoms with Crippen LogP contribution in [0.5, 0.6) is 0 Å². The van der Waals surface area contributed by atoms with Crippen LogP contribution in [0.25, 0.3) is 10.9 Å². The van der Waals surface area contributed by atoms with E-state index in [-0.39, 0.29) is 6.10 Å². The molecule has 2 N–H and O–H groups in total. The fourth-order valence-corrected chi connectivity index (χ4v) is 3.10. The number of pyridine rings is 1. The lowest BCUT2D eigenvalue weighted by atomic mass is 10.1. The van der Waals surface area contributed by atoms with Crippen molar-refractivity contribution in [3.63, 3.8) is 0 Å². The van der Waals surface area contributed by atoms with Crippen molar-refractivity contribution in [1.82, 2.24) is 19.9 Å². The Morgan fingerprint density at radius 2 is 2.04 bits per heavy atom. The third kappa shape index (κ3) is 3.06. The molecule has 122 valence electrons. The van der Waals surface area contributed by atoms with Gasteiger partial charge in [-0.15, -0.1) is 0 Å². The lowest BCUT2D eigenvalue weighted by Crippen LogP contribution is -2.38. The third-order valence-corrected chi connectivity index (χ3v) is 4.29. The number of nitrogens with two attached hydrogens (primary N) is 1. The molecule has 0 radical (unpaired) electrons. The smallest absolute Gasteiger partial charge is 0.147 e. The predicted octanol–water partition coefficient (Wildman–Crippen LogP) is 2.18. The van der Waals surface area contributed by atoms with Gasteiger partial charge in [0.1, 0.15) is 17.6 Å². The Morgan fingerprint density at radius 1 is 1.12 bits per heavy atom. The van der Waals surface area contributed by atoms with Gasteiger partial charge < -0.3 is 10.5 Å². The topological polar surface area (TPSA) is 77.2 Å². The number of nitrogens with zero attached hydrogens (tertiary/aromatic N) is 4. The Labute approximate surface area is 140 Å². The van der Waals surface area contributed by atoms with E-state index in [1.54, 1.807) is 12.4 Å². The first-order chi connectivity index (χ1) is 11.8. The fourth-order valence-electron chi connectivity index (χ4n) is 3.10. The summed E-state index contributed by atoms with van der Waals surface area (Å²) < 4.78 is 5.85. The van der Waals surface area contributed by atoms with Crippen molar-refractivity contribution in [2.75, 3.05) is 25.4 Å². The summed E-state index contributed by atoms with van der Waals surface area (Å²) in [6.07, 6.45) is 4.95. The Bertz CT molecular complexity index is 853. The van der Waals surface area contributed by atoms with E-state index in [1.165, 1.54) is 5.56 Å². The highest BCUT2D eigenvalue weighted by atomic mass is 16.5. The summed E-state index contributed by atoms with van der Waals surface area (Å²) in [7, 11) is 0. The molecular weight excluding hydrogens is 302 g/mol. The van der Waals surface area contributed by atoms with Crippen LogP contribution in [0.15, 0.2) is 48.9 Å². The number of hydrogen-bond donors (Lipinski definition) is 1. The molecule has 0 unspecified atom stereocenters. The molecule has 1 aliphatic heterocycles. The minimum Gasteiger partial charge on any atom is -0.382 e. The molecule has 1 saturated heterocycles. The van der Waals surface area contributed by atoms with Gasteiger partial charge in [-0.3, -0.25) is 14.9 Å². The molecule has 24 heavy (non-hydrogen) atoms. The molecule has 1 fully saturated rings. The number of anilines is 1. The van der Waals surface area contributed by atoms with Crippen molar-refractivity contribution in [2.45, 2.75) is 12.6 Å². The highest BCUT2D eigenvalue weighted by Crippen LogP contribution is 2.25. The standard InChI is InChI=1S/C18H19N5O/c19-18-17(21-6-7-22-18)16-12-23(8-9-24-16)11-13-3-4-15-14(10-13)2-1-5-20-15/h1-7,10,16H,8-9,11-12H2,(H2,19,22)/t16-/m1/s1. The summed E-state index contributed by atoms with van der Waals surface area (Å²) in [5, 5.41) is 1.16. The average molecular weight is 321 g/mol. The van der Waals surface area contributed by atoms with E-state index in [2.05, 4.69) is 44.1 Å². The van der Waals surface area contributed by atoms with Gasteiger partial charge in [-0.1, -0.05) is 12.1 Å². The molecular formula is C18H19N5O. The van der Waals surface area contributed by atoms with Crippen LogP contribution in [0, 0.1) is 0 Å². The van der Waals surface area contributed by atoms with E-state index in [0.29, 0.717) is 12.4 Å². The molecule has 1 aromatic carbocycles. The number of aromatic nitrogens is 3. The zero-order valence-corrected chi connectivity index (χ0v) is 13.3. The number of nitrogen functional groups attached to an aromatic ring is 1. The van der Waals surface area contributed by atoms with Crippen molar-refractivity contribution in [1.29, 1.82) is 0 Å². The molecule has 0 saturated carbocycles. The van der Waals surface area contributed by atoms with E-state index >= 15 is 0 Å². The van der Waals surface area contributed by atoms with Crippen molar-refractivity contribution < 1.29 is 4.74 Å². The van der Waals surface area contributed by atoms with E-state index in [4.69, 9.17) is 10.5 Å². The molecule has 4 rings (SSSR count). The molecule has 3 heterocycles. The van der Waals surface area contributed by atoms with Crippen LogP contribution >= 0.6 is 0 Å². The molecule has 1 aliphatic rings. The second kappa shape index (κ2) is 6.51. The van der Waals surface area contributed by atoms with Crippen LogP contribution < -0.4 is 5.73 Å². The largest absolute Gasteiger partial charge is 0.382 e. The maximum atomic E-state index is 5.93. The summed E-state index contributed by atoms with van der Waals surface area (Å²) in [5.41, 5.74) is 8.95. The lowest BCUT2D eigenvalue weighted by molar-refractivity contribution is -0.0347. The summed E-state index contributed by atoms with van der Waals surface area (Å²) in [6, 6.07) is 10.5. The molecule has 0 spiro atoms. The van der Waals surface area contributed by atoms with Gasteiger partial charge in [0.15, 0.2) is 0 Å². The number of benzene rings is 1. The Kier molecular flexibility index (Phi) is 4.06. The fraction of sp³-hybridized carbons (Fsp3) is 0.278. The second-order valence-electron chi connectivity index (χ2n) is 5.95. The minimum absolute atomic E-state index is 0.130. The first-order valence-corrected chi connectivity index (χ1v) is 8.03. The van der Waals surface area contributed by atoms with Crippen LogP contribution in [0.1, 0.15) is 17.4 Å². The predicted molar refractivity (Wildman–Crippen MR) is 92.2 cm³/mol.